The van der Waals surface area contributed by atoms with Crippen LogP contribution in [0.25, 0.3) is 0 Å². The van der Waals surface area contributed by atoms with Crippen molar-refractivity contribution in [2.75, 3.05) is 5.32 Å². The van der Waals surface area contributed by atoms with Crippen LogP contribution < -0.4 is 10.3 Å². The van der Waals surface area contributed by atoms with Gasteiger partial charge in [0.15, 0.2) is 0 Å². The molecule has 0 saturated heterocycles. The van der Waals surface area contributed by atoms with E-state index in [-0.39, 0.29) is 4.90 Å². The molecule has 0 saturated carbocycles. The number of halogens is 1. The van der Waals surface area contributed by atoms with Gasteiger partial charge >= 0.3 is 0 Å². The molecule has 0 aromatic heterocycles. The highest BCUT2D eigenvalue weighted by atomic mass is 35.5. The standard InChI is InChI=1S/C15H16N2.C6H5ClO2S/c1-12-3-7-14(8-4-12)16-11-17-15-9-5-13(2)6-10-15;7-5-1-3-6(4-2-5)10(8)9/h3-11H,1-2H3,(H,16,17);1-4H,(H,8,9). The Bertz CT molecular complexity index is 893. The summed E-state index contributed by atoms with van der Waals surface area (Å²) in [5, 5.41) is 3.74. The van der Waals surface area contributed by atoms with Crippen LogP contribution in [0.2, 0.25) is 5.02 Å². The molecule has 0 spiro atoms. The van der Waals surface area contributed by atoms with E-state index in [4.69, 9.17) is 11.6 Å². The van der Waals surface area contributed by atoms with Gasteiger partial charge in [-0.25, -0.2) is 10.3 Å². The minimum atomic E-state index is -2.15. The molecule has 6 heteroatoms. The number of nitrogens with one attached hydrogen (secondary N) is 2. The topological polar surface area (TPSA) is 66.1 Å². The lowest BCUT2D eigenvalue weighted by Crippen LogP contribution is -2.62. The van der Waals surface area contributed by atoms with Gasteiger partial charge in [-0.2, -0.15) is 0 Å². The highest BCUT2D eigenvalue weighted by Crippen LogP contribution is 2.11. The van der Waals surface area contributed by atoms with Crippen LogP contribution in [0, 0.1) is 13.8 Å². The molecule has 1 atom stereocenters. The van der Waals surface area contributed by atoms with Crippen molar-refractivity contribution < 1.29 is 13.8 Å². The second-order valence-corrected chi connectivity index (χ2v) is 7.23. The second kappa shape index (κ2) is 10.6. The molecule has 2 N–H and O–H groups in total. The van der Waals surface area contributed by atoms with Crippen molar-refractivity contribution in [1.29, 1.82) is 0 Å². The molecule has 0 fully saturated rings. The van der Waals surface area contributed by atoms with Crippen molar-refractivity contribution in [1.82, 2.24) is 0 Å². The summed E-state index contributed by atoms with van der Waals surface area (Å²) in [5.74, 6) is 0. The van der Waals surface area contributed by atoms with Crippen LogP contribution in [-0.2, 0) is 11.1 Å². The average molecular weight is 401 g/mol. The van der Waals surface area contributed by atoms with Crippen LogP contribution in [0.4, 0.5) is 11.4 Å². The summed E-state index contributed by atoms with van der Waals surface area (Å²) in [5.41, 5.74) is 4.69. The average Bonchev–Trinajstić information content (AvgIpc) is 2.66. The lowest BCUT2D eigenvalue weighted by atomic mass is 10.2. The number of rotatable bonds is 4. The molecule has 3 aromatic rings. The molecule has 3 rings (SSSR count). The predicted octanol–water partition coefficient (Wildman–Crippen LogP) is 3.73. The van der Waals surface area contributed by atoms with Crippen LogP contribution in [0.15, 0.2) is 77.7 Å². The molecular formula is C21H21ClN2O2S. The van der Waals surface area contributed by atoms with Crippen LogP contribution in [0.5, 0.6) is 0 Å². The van der Waals surface area contributed by atoms with Gasteiger partial charge in [0.2, 0.25) is 6.34 Å². The molecule has 0 aliphatic rings. The normalized spacial score (nSPS) is 11.6. The van der Waals surface area contributed by atoms with Crippen molar-refractivity contribution in [2.24, 2.45) is 0 Å². The van der Waals surface area contributed by atoms with Gasteiger partial charge in [-0.15, -0.1) is 0 Å². The fraction of sp³-hybridized carbons (Fsp3) is 0.0952. The minimum absolute atomic E-state index is 0.254. The minimum Gasteiger partial charge on any atom is -0.768 e. The van der Waals surface area contributed by atoms with Crippen LogP contribution in [0.1, 0.15) is 11.1 Å². The smallest absolute Gasteiger partial charge is 0.240 e. The van der Waals surface area contributed by atoms with Crippen molar-refractivity contribution in [2.45, 2.75) is 18.7 Å². The molecule has 3 aromatic carbocycles. The Balaban J connectivity index is 0.000000223. The van der Waals surface area contributed by atoms with E-state index in [9.17, 15) is 8.76 Å². The van der Waals surface area contributed by atoms with E-state index in [2.05, 4.69) is 72.7 Å². The second-order valence-electron chi connectivity index (χ2n) is 5.85. The molecule has 140 valence electrons. The largest absolute Gasteiger partial charge is 0.768 e. The Morgan fingerprint density at radius 1 is 0.889 bits per heavy atom. The van der Waals surface area contributed by atoms with E-state index < -0.39 is 11.1 Å². The van der Waals surface area contributed by atoms with E-state index >= 15 is 0 Å². The van der Waals surface area contributed by atoms with E-state index in [1.807, 2.05) is 6.34 Å². The van der Waals surface area contributed by atoms with Gasteiger partial charge in [0.05, 0.1) is 0 Å². The molecule has 0 amide bonds. The summed E-state index contributed by atoms with van der Waals surface area (Å²) in [6.45, 7) is 4.16. The first-order valence-electron chi connectivity index (χ1n) is 8.27. The lowest BCUT2D eigenvalue weighted by Gasteiger charge is -2.02. The van der Waals surface area contributed by atoms with Gasteiger partial charge in [-0.1, -0.05) is 47.0 Å². The molecule has 0 aliphatic heterocycles. The molecule has 27 heavy (non-hydrogen) atoms. The van der Waals surface area contributed by atoms with Crippen molar-refractivity contribution >= 4 is 40.4 Å². The third kappa shape index (κ3) is 7.74. The number of anilines is 1. The molecule has 1 unspecified atom stereocenters. The van der Waals surface area contributed by atoms with E-state index in [1.54, 1.807) is 0 Å². The maximum absolute atomic E-state index is 10.3. The quantitative estimate of drug-likeness (QED) is 0.398. The third-order valence-electron chi connectivity index (χ3n) is 3.59. The zero-order valence-corrected chi connectivity index (χ0v) is 16.7. The van der Waals surface area contributed by atoms with Crippen molar-refractivity contribution in [3.8, 4) is 0 Å². The summed E-state index contributed by atoms with van der Waals surface area (Å²) in [6.07, 6.45) is 1.84. The zero-order valence-electron chi connectivity index (χ0n) is 15.1. The molecule has 0 radical (unpaired) electrons. The van der Waals surface area contributed by atoms with Crippen LogP contribution in [0.3, 0.4) is 0 Å². The highest BCUT2D eigenvalue weighted by Gasteiger charge is 1.94. The zero-order chi connectivity index (χ0) is 19.6. The summed E-state index contributed by atoms with van der Waals surface area (Å²) >= 11 is 3.37. The fourth-order valence-electron chi connectivity index (χ4n) is 2.05. The number of aryl methyl sites for hydroxylation is 2. The van der Waals surface area contributed by atoms with Gasteiger partial charge in [0.25, 0.3) is 0 Å². The maximum atomic E-state index is 10.3. The van der Waals surface area contributed by atoms with E-state index in [1.165, 1.54) is 35.4 Å². The maximum Gasteiger partial charge on any atom is 0.240 e. The van der Waals surface area contributed by atoms with Gasteiger partial charge in [-0.3, -0.25) is 4.21 Å². The summed E-state index contributed by atoms with van der Waals surface area (Å²) < 4.78 is 20.5. The monoisotopic (exact) mass is 400 g/mol. The van der Waals surface area contributed by atoms with Crippen LogP contribution >= 0.6 is 11.6 Å². The molecular weight excluding hydrogens is 380 g/mol. The first kappa shape index (κ1) is 20.8. The summed E-state index contributed by atoms with van der Waals surface area (Å²) in [4.78, 5) is 3.45. The van der Waals surface area contributed by atoms with Crippen LogP contribution in [-0.4, -0.2) is 15.1 Å². The Kier molecular flexibility index (Phi) is 8.20. The molecule has 4 nitrogen and oxygen atoms in total. The first-order valence-corrected chi connectivity index (χ1v) is 9.72. The SMILES string of the molecule is Cc1ccc(NC=[NH+]c2ccc(C)cc2)cc1.O=S([O-])c1ccc(Cl)cc1. The number of benzene rings is 3. The Morgan fingerprint density at radius 2 is 1.41 bits per heavy atom. The van der Waals surface area contributed by atoms with E-state index in [0.29, 0.717) is 5.02 Å². The van der Waals surface area contributed by atoms with Crippen molar-refractivity contribution in [3.05, 3.63) is 88.9 Å². The van der Waals surface area contributed by atoms with Gasteiger partial charge in [0.1, 0.15) is 11.4 Å². The fourth-order valence-corrected chi connectivity index (χ4v) is 2.53. The third-order valence-corrected chi connectivity index (χ3v) is 4.50. The van der Waals surface area contributed by atoms with E-state index in [0.717, 1.165) is 11.4 Å². The Morgan fingerprint density at radius 3 is 1.93 bits per heavy atom. The van der Waals surface area contributed by atoms with Gasteiger partial charge < -0.3 is 4.55 Å². The van der Waals surface area contributed by atoms with Gasteiger partial charge in [0, 0.05) is 9.92 Å². The Hall–Kier alpha value is -2.47. The lowest BCUT2D eigenvalue weighted by molar-refractivity contribution is -0.347. The Labute approximate surface area is 167 Å². The predicted molar refractivity (Wildman–Crippen MR) is 111 cm³/mol. The highest BCUT2D eigenvalue weighted by molar-refractivity contribution is 7.79. The molecule has 0 heterocycles. The van der Waals surface area contributed by atoms with Gasteiger partial charge in [-0.05, 0) is 73.5 Å². The number of hydrogen-bond donors (Lipinski definition) is 2. The number of hydrogen-bond acceptors (Lipinski definition) is 2. The molecule has 0 bridgehead atoms. The first-order chi connectivity index (χ1) is 12.9. The summed E-state index contributed by atoms with van der Waals surface area (Å²) in [6, 6.07) is 22.5. The van der Waals surface area contributed by atoms with Crippen molar-refractivity contribution in [3.63, 3.8) is 0 Å². The molecule has 0 aliphatic carbocycles. The summed E-state index contributed by atoms with van der Waals surface area (Å²) in [7, 11) is 0.